The second-order valence-electron chi connectivity index (χ2n) is 14.6. The van der Waals surface area contributed by atoms with Gasteiger partial charge in [-0.15, -0.1) is 0 Å². The largest absolute Gasteiger partial charge is 0.469 e. The number of aliphatic hydroxyl groups is 1. The Labute approximate surface area is 323 Å². The molecular weight excluding hydrogens is 691 g/mol. The molecule has 0 rings (SSSR count). The first kappa shape index (κ1) is 51.0. The van der Waals surface area contributed by atoms with E-state index < -0.39 is 38.6 Å². The van der Waals surface area contributed by atoms with E-state index in [9.17, 15) is 19.3 Å². The van der Waals surface area contributed by atoms with E-state index in [1.54, 1.807) is 12.2 Å². The summed E-state index contributed by atoms with van der Waals surface area (Å²) in [5.41, 5.74) is 0. The number of phosphoric acid groups is 1. The van der Waals surface area contributed by atoms with Gasteiger partial charge in [-0.3, -0.25) is 14.1 Å². The van der Waals surface area contributed by atoms with Crippen molar-refractivity contribution in [2.75, 3.05) is 13.2 Å². The molecule has 0 aliphatic heterocycles. The lowest BCUT2D eigenvalue weighted by Crippen LogP contribution is -2.29. The molecule has 0 heterocycles. The molecular formula is C43H77O9P. The van der Waals surface area contributed by atoms with Crippen LogP contribution in [0.3, 0.4) is 0 Å². The van der Waals surface area contributed by atoms with Crippen LogP contribution in [0.5, 0.6) is 0 Å². The Bertz CT molecular complexity index is 1030. The average Bonchev–Trinajstić information content (AvgIpc) is 3.10. The topological polar surface area (TPSA) is 140 Å². The van der Waals surface area contributed by atoms with Crippen molar-refractivity contribution >= 4 is 19.8 Å². The smallest absolute Gasteiger partial charge is 0.462 e. The van der Waals surface area contributed by atoms with Crippen LogP contribution in [0.15, 0.2) is 48.6 Å². The minimum Gasteiger partial charge on any atom is -0.462 e. The summed E-state index contributed by atoms with van der Waals surface area (Å²) in [6.07, 6.45) is 40.1. The van der Waals surface area contributed by atoms with Gasteiger partial charge in [0, 0.05) is 12.8 Å². The Morgan fingerprint density at radius 3 is 1.81 bits per heavy atom. The fraction of sp³-hybridized carbons (Fsp3) is 0.767. The quantitative estimate of drug-likeness (QED) is 0.0185. The van der Waals surface area contributed by atoms with E-state index in [0.717, 1.165) is 38.0 Å². The number of allylic oxidation sites excluding steroid dienone is 6. The Hall–Kier alpha value is -2.03. The van der Waals surface area contributed by atoms with E-state index in [-0.39, 0.29) is 19.4 Å². The zero-order valence-corrected chi connectivity index (χ0v) is 34.6. The van der Waals surface area contributed by atoms with Crippen LogP contribution in [-0.2, 0) is 28.2 Å². The SMILES string of the molecule is CCCCC/C=C\C/C=C\CC(O)/C=C\C=C\CCCC(=O)O[C@H](COC(=O)CCCCCCCCCCCCCCCCC(C)C)COP(=O)(O)O. The van der Waals surface area contributed by atoms with Crippen molar-refractivity contribution in [3.8, 4) is 0 Å². The van der Waals surface area contributed by atoms with Crippen molar-refractivity contribution in [2.24, 2.45) is 5.92 Å². The summed E-state index contributed by atoms with van der Waals surface area (Å²) < 4.78 is 26.3. The predicted molar refractivity (Wildman–Crippen MR) is 217 cm³/mol. The normalized spacial score (nSPS) is 13.6. The van der Waals surface area contributed by atoms with Crippen molar-refractivity contribution < 1.29 is 43.0 Å². The summed E-state index contributed by atoms with van der Waals surface area (Å²) in [5, 5.41) is 10.1. The van der Waals surface area contributed by atoms with Gasteiger partial charge in [-0.05, 0) is 50.9 Å². The summed E-state index contributed by atoms with van der Waals surface area (Å²) in [4.78, 5) is 42.8. The van der Waals surface area contributed by atoms with E-state index in [1.165, 1.54) is 89.9 Å². The number of hydrogen-bond donors (Lipinski definition) is 3. The highest BCUT2D eigenvalue weighted by molar-refractivity contribution is 7.46. The number of carbonyl (C=O) groups excluding carboxylic acids is 2. The maximum Gasteiger partial charge on any atom is 0.469 e. The highest BCUT2D eigenvalue weighted by Crippen LogP contribution is 2.36. The Morgan fingerprint density at radius 1 is 0.642 bits per heavy atom. The molecule has 0 aliphatic rings. The van der Waals surface area contributed by atoms with Gasteiger partial charge in [0.2, 0.25) is 0 Å². The van der Waals surface area contributed by atoms with Crippen LogP contribution in [0.2, 0.25) is 0 Å². The number of aliphatic hydroxyl groups excluding tert-OH is 1. The molecule has 3 N–H and O–H groups in total. The molecule has 0 aromatic heterocycles. The molecule has 0 radical (unpaired) electrons. The van der Waals surface area contributed by atoms with Crippen molar-refractivity contribution in [2.45, 2.75) is 193 Å². The molecule has 2 atom stereocenters. The molecule has 0 saturated heterocycles. The predicted octanol–water partition coefficient (Wildman–Crippen LogP) is 11.6. The Kier molecular flexibility index (Phi) is 35.5. The van der Waals surface area contributed by atoms with Gasteiger partial charge in [-0.25, -0.2) is 4.57 Å². The molecule has 0 fully saturated rings. The summed E-state index contributed by atoms with van der Waals surface area (Å²) in [7, 11) is -4.79. The number of hydrogen-bond acceptors (Lipinski definition) is 7. The highest BCUT2D eigenvalue weighted by atomic mass is 31.2. The molecule has 0 spiro atoms. The van der Waals surface area contributed by atoms with Crippen molar-refractivity contribution in [1.29, 1.82) is 0 Å². The first-order chi connectivity index (χ1) is 25.5. The second kappa shape index (κ2) is 36.9. The van der Waals surface area contributed by atoms with Gasteiger partial charge in [0.25, 0.3) is 0 Å². The monoisotopic (exact) mass is 769 g/mol. The van der Waals surface area contributed by atoms with Crippen molar-refractivity contribution in [3.63, 3.8) is 0 Å². The van der Waals surface area contributed by atoms with Crippen LogP contribution in [-0.4, -0.2) is 52.3 Å². The third-order valence-corrected chi connectivity index (χ3v) is 9.34. The van der Waals surface area contributed by atoms with Crippen molar-refractivity contribution in [1.82, 2.24) is 0 Å². The Balaban J connectivity index is 4.09. The summed E-state index contributed by atoms with van der Waals surface area (Å²) >= 11 is 0. The maximum atomic E-state index is 12.4. The van der Waals surface area contributed by atoms with Crippen LogP contribution >= 0.6 is 7.82 Å². The molecule has 9 nitrogen and oxygen atoms in total. The fourth-order valence-corrected chi connectivity index (χ4v) is 6.05. The molecule has 0 aliphatic carbocycles. The molecule has 0 aromatic rings. The zero-order chi connectivity index (χ0) is 39.3. The molecule has 0 bridgehead atoms. The standard InChI is InChI=1S/C43H77O9P/c1-4-5-6-7-8-15-19-23-28-33-40(44)34-29-24-21-26-31-36-43(46)52-41(38-51-53(47,48)49)37-50-42(45)35-30-25-20-17-14-12-10-9-11-13-16-18-22-27-32-39(2)3/h8,15,21,23-24,28-29,34,39-41,44H,4-7,9-14,16-20,22,25-27,30-33,35-38H2,1-3H3,(H2,47,48,49)/b15-8-,24-21+,28-23-,34-29-/t40?,41-/m1/s1. The molecule has 53 heavy (non-hydrogen) atoms. The van der Waals surface area contributed by atoms with E-state index in [4.69, 9.17) is 19.3 Å². The lowest BCUT2D eigenvalue weighted by Gasteiger charge is -2.18. The molecule has 10 heteroatoms. The summed E-state index contributed by atoms with van der Waals surface area (Å²) in [6, 6.07) is 0. The van der Waals surface area contributed by atoms with E-state index in [2.05, 4.69) is 43.5 Å². The number of ether oxygens (including phenoxy) is 2. The van der Waals surface area contributed by atoms with E-state index in [1.807, 2.05) is 18.2 Å². The molecule has 308 valence electrons. The minimum absolute atomic E-state index is 0.0769. The number of phosphoric ester groups is 1. The van der Waals surface area contributed by atoms with Gasteiger partial charge in [-0.1, -0.05) is 172 Å². The van der Waals surface area contributed by atoms with Crippen molar-refractivity contribution in [3.05, 3.63) is 48.6 Å². The fourth-order valence-electron chi connectivity index (χ4n) is 5.69. The van der Waals surface area contributed by atoms with Gasteiger partial charge in [-0.2, -0.15) is 0 Å². The second-order valence-corrected chi connectivity index (χ2v) is 15.9. The maximum absolute atomic E-state index is 12.4. The molecule has 0 amide bonds. The first-order valence-corrected chi connectivity index (χ1v) is 22.4. The Morgan fingerprint density at radius 2 is 1.21 bits per heavy atom. The molecule has 0 aromatic carbocycles. The molecule has 0 saturated carbocycles. The highest BCUT2D eigenvalue weighted by Gasteiger charge is 2.22. The number of carbonyl (C=O) groups is 2. The number of unbranched alkanes of at least 4 members (excludes halogenated alkanes) is 17. The van der Waals surface area contributed by atoms with Crippen LogP contribution in [0.4, 0.5) is 0 Å². The third kappa shape index (κ3) is 41.0. The van der Waals surface area contributed by atoms with Gasteiger partial charge in [0.15, 0.2) is 6.10 Å². The average molecular weight is 769 g/mol. The summed E-state index contributed by atoms with van der Waals surface area (Å²) in [6.45, 7) is 5.87. The number of esters is 2. The molecule has 1 unspecified atom stereocenters. The van der Waals surface area contributed by atoms with Crippen LogP contribution < -0.4 is 0 Å². The third-order valence-electron chi connectivity index (χ3n) is 8.86. The first-order valence-electron chi connectivity index (χ1n) is 20.9. The van der Waals surface area contributed by atoms with Crippen LogP contribution in [0.25, 0.3) is 0 Å². The minimum atomic E-state index is -4.79. The number of rotatable bonds is 37. The van der Waals surface area contributed by atoms with Gasteiger partial charge >= 0.3 is 19.8 Å². The van der Waals surface area contributed by atoms with Gasteiger partial charge in [0.1, 0.15) is 6.61 Å². The lowest BCUT2D eigenvalue weighted by molar-refractivity contribution is -0.161. The van der Waals surface area contributed by atoms with Crippen LogP contribution in [0.1, 0.15) is 181 Å². The van der Waals surface area contributed by atoms with Gasteiger partial charge < -0.3 is 24.4 Å². The van der Waals surface area contributed by atoms with Crippen LogP contribution in [0, 0.1) is 5.92 Å². The van der Waals surface area contributed by atoms with E-state index >= 15 is 0 Å². The summed E-state index contributed by atoms with van der Waals surface area (Å²) in [5.74, 6) is -0.188. The lowest BCUT2D eigenvalue weighted by atomic mass is 10.0. The zero-order valence-electron chi connectivity index (χ0n) is 33.7. The van der Waals surface area contributed by atoms with E-state index in [0.29, 0.717) is 25.7 Å². The van der Waals surface area contributed by atoms with Gasteiger partial charge in [0.05, 0.1) is 12.7 Å².